The van der Waals surface area contributed by atoms with E-state index < -0.39 is 0 Å². The first kappa shape index (κ1) is 11.5. The molecular formula is C11H10ClFN2S. The standard InChI is InChI=1S/C11H10ClFN2S/c1-6-9(5-14)16-11(15-6)10-7(12)3-2-4-8(10)13/h2-4H,5,14H2,1H3. The first-order valence-electron chi connectivity index (χ1n) is 4.74. The molecule has 1 heterocycles. The van der Waals surface area contributed by atoms with Crippen LogP contribution in [0.25, 0.3) is 10.6 Å². The molecule has 0 aliphatic heterocycles. The Balaban J connectivity index is 2.58. The van der Waals surface area contributed by atoms with Crippen LogP contribution in [0.4, 0.5) is 4.39 Å². The van der Waals surface area contributed by atoms with E-state index in [2.05, 4.69) is 4.98 Å². The molecule has 0 amide bonds. The predicted molar refractivity (Wildman–Crippen MR) is 65.1 cm³/mol. The van der Waals surface area contributed by atoms with Crippen molar-refractivity contribution < 1.29 is 4.39 Å². The van der Waals surface area contributed by atoms with E-state index in [1.807, 2.05) is 6.92 Å². The SMILES string of the molecule is Cc1nc(-c2c(F)cccc2Cl)sc1CN. The second-order valence-corrected chi connectivity index (χ2v) is 4.82. The summed E-state index contributed by atoms with van der Waals surface area (Å²) in [6.07, 6.45) is 0. The van der Waals surface area contributed by atoms with E-state index in [1.165, 1.54) is 17.4 Å². The maximum atomic E-state index is 13.6. The maximum absolute atomic E-state index is 13.6. The Bertz CT molecular complexity index is 504. The number of nitrogens with zero attached hydrogens (tertiary/aromatic N) is 1. The molecule has 0 radical (unpaired) electrons. The zero-order valence-electron chi connectivity index (χ0n) is 8.63. The largest absolute Gasteiger partial charge is 0.326 e. The fraction of sp³-hybridized carbons (Fsp3) is 0.182. The minimum Gasteiger partial charge on any atom is -0.326 e. The average molecular weight is 257 g/mol. The van der Waals surface area contributed by atoms with Gasteiger partial charge in [0.1, 0.15) is 10.8 Å². The quantitative estimate of drug-likeness (QED) is 0.895. The molecule has 0 bridgehead atoms. The molecule has 0 atom stereocenters. The highest BCUT2D eigenvalue weighted by Gasteiger charge is 2.15. The third kappa shape index (κ3) is 1.96. The summed E-state index contributed by atoms with van der Waals surface area (Å²) in [4.78, 5) is 5.24. The molecule has 1 aromatic heterocycles. The third-order valence-electron chi connectivity index (χ3n) is 2.25. The zero-order valence-corrected chi connectivity index (χ0v) is 10.2. The summed E-state index contributed by atoms with van der Waals surface area (Å²) in [7, 11) is 0. The van der Waals surface area contributed by atoms with Gasteiger partial charge in [-0.2, -0.15) is 0 Å². The van der Waals surface area contributed by atoms with Crippen LogP contribution in [0.15, 0.2) is 18.2 Å². The fourth-order valence-corrected chi connectivity index (χ4v) is 2.74. The summed E-state index contributed by atoms with van der Waals surface area (Å²) in [6.45, 7) is 2.27. The van der Waals surface area contributed by atoms with Gasteiger partial charge in [-0.05, 0) is 19.1 Å². The van der Waals surface area contributed by atoms with Gasteiger partial charge >= 0.3 is 0 Å². The highest BCUT2D eigenvalue weighted by atomic mass is 35.5. The Morgan fingerprint density at radius 3 is 2.81 bits per heavy atom. The lowest BCUT2D eigenvalue weighted by molar-refractivity contribution is 0.631. The lowest BCUT2D eigenvalue weighted by Crippen LogP contribution is -1.94. The first-order valence-corrected chi connectivity index (χ1v) is 5.93. The summed E-state index contributed by atoms with van der Waals surface area (Å²) in [5.74, 6) is -0.357. The van der Waals surface area contributed by atoms with Gasteiger partial charge in [-0.1, -0.05) is 17.7 Å². The van der Waals surface area contributed by atoms with E-state index in [4.69, 9.17) is 17.3 Å². The molecule has 1 aromatic carbocycles. The number of hydrogen-bond acceptors (Lipinski definition) is 3. The average Bonchev–Trinajstić information content (AvgIpc) is 2.59. The van der Waals surface area contributed by atoms with Crippen LogP contribution in [-0.4, -0.2) is 4.98 Å². The smallest absolute Gasteiger partial charge is 0.134 e. The topological polar surface area (TPSA) is 38.9 Å². The minimum atomic E-state index is -0.357. The molecule has 0 aliphatic rings. The highest BCUT2D eigenvalue weighted by molar-refractivity contribution is 7.15. The van der Waals surface area contributed by atoms with Crippen molar-refractivity contribution in [1.29, 1.82) is 0 Å². The van der Waals surface area contributed by atoms with Gasteiger partial charge in [0.05, 0.1) is 16.3 Å². The third-order valence-corrected chi connectivity index (χ3v) is 3.77. The second kappa shape index (κ2) is 4.49. The van der Waals surface area contributed by atoms with E-state index >= 15 is 0 Å². The van der Waals surface area contributed by atoms with Crippen molar-refractivity contribution >= 4 is 22.9 Å². The molecular weight excluding hydrogens is 247 g/mol. The number of hydrogen-bond donors (Lipinski definition) is 1. The van der Waals surface area contributed by atoms with Crippen LogP contribution in [0.5, 0.6) is 0 Å². The summed E-state index contributed by atoms with van der Waals surface area (Å²) >= 11 is 7.34. The van der Waals surface area contributed by atoms with Crippen LogP contribution in [0.3, 0.4) is 0 Å². The van der Waals surface area contributed by atoms with Gasteiger partial charge in [0.15, 0.2) is 0 Å². The molecule has 0 spiro atoms. The van der Waals surface area contributed by atoms with Crippen molar-refractivity contribution in [2.75, 3.05) is 0 Å². The van der Waals surface area contributed by atoms with Crippen LogP contribution < -0.4 is 5.73 Å². The molecule has 0 unspecified atom stereocenters. The number of benzene rings is 1. The Labute approximate surface area is 102 Å². The van der Waals surface area contributed by atoms with Gasteiger partial charge in [-0.25, -0.2) is 9.37 Å². The Kier molecular flexibility index (Phi) is 3.23. The second-order valence-electron chi connectivity index (χ2n) is 3.33. The predicted octanol–water partition coefficient (Wildman–Crippen LogP) is 3.37. The Hall–Kier alpha value is -0.970. The van der Waals surface area contributed by atoms with Crippen molar-refractivity contribution in [3.8, 4) is 10.6 Å². The van der Waals surface area contributed by atoms with Crippen LogP contribution in [0.1, 0.15) is 10.6 Å². The number of aromatic nitrogens is 1. The van der Waals surface area contributed by atoms with Crippen molar-refractivity contribution in [2.24, 2.45) is 5.73 Å². The molecule has 0 saturated heterocycles. The molecule has 2 aromatic rings. The van der Waals surface area contributed by atoms with Crippen LogP contribution >= 0.6 is 22.9 Å². The number of halogens is 2. The summed E-state index contributed by atoms with van der Waals surface area (Å²) < 4.78 is 13.6. The molecule has 2 N–H and O–H groups in total. The molecule has 2 rings (SSSR count). The van der Waals surface area contributed by atoms with Gasteiger partial charge < -0.3 is 5.73 Å². The highest BCUT2D eigenvalue weighted by Crippen LogP contribution is 2.34. The van der Waals surface area contributed by atoms with Crippen molar-refractivity contribution in [3.05, 3.63) is 39.6 Å². The van der Waals surface area contributed by atoms with E-state index in [-0.39, 0.29) is 5.82 Å². The molecule has 0 aliphatic carbocycles. The van der Waals surface area contributed by atoms with Crippen LogP contribution in [0, 0.1) is 12.7 Å². The van der Waals surface area contributed by atoms with Gasteiger partial charge in [0, 0.05) is 11.4 Å². The Morgan fingerprint density at radius 1 is 1.50 bits per heavy atom. The number of nitrogens with two attached hydrogens (primary N) is 1. The first-order chi connectivity index (χ1) is 7.63. The maximum Gasteiger partial charge on any atom is 0.134 e. The molecule has 2 nitrogen and oxygen atoms in total. The van der Waals surface area contributed by atoms with Gasteiger partial charge in [0.2, 0.25) is 0 Å². The summed E-state index contributed by atoms with van der Waals surface area (Å²) in [5, 5.41) is 0.957. The summed E-state index contributed by atoms with van der Waals surface area (Å²) in [6, 6.07) is 4.60. The zero-order chi connectivity index (χ0) is 11.7. The van der Waals surface area contributed by atoms with Gasteiger partial charge in [-0.15, -0.1) is 11.3 Å². The van der Waals surface area contributed by atoms with Crippen molar-refractivity contribution in [1.82, 2.24) is 4.98 Å². The van der Waals surface area contributed by atoms with Crippen molar-refractivity contribution in [2.45, 2.75) is 13.5 Å². The van der Waals surface area contributed by atoms with E-state index in [9.17, 15) is 4.39 Å². The van der Waals surface area contributed by atoms with Gasteiger partial charge in [-0.3, -0.25) is 0 Å². The van der Waals surface area contributed by atoms with Gasteiger partial charge in [0.25, 0.3) is 0 Å². The number of thiazole rings is 1. The number of aryl methyl sites for hydroxylation is 1. The Morgan fingerprint density at radius 2 is 2.25 bits per heavy atom. The van der Waals surface area contributed by atoms with Crippen LogP contribution in [0.2, 0.25) is 5.02 Å². The fourth-order valence-electron chi connectivity index (χ4n) is 1.43. The van der Waals surface area contributed by atoms with E-state index in [1.54, 1.807) is 12.1 Å². The molecule has 16 heavy (non-hydrogen) atoms. The van der Waals surface area contributed by atoms with Crippen molar-refractivity contribution in [3.63, 3.8) is 0 Å². The minimum absolute atomic E-state index is 0.357. The normalized spacial score (nSPS) is 10.8. The lowest BCUT2D eigenvalue weighted by atomic mass is 10.2. The molecule has 5 heteroatoms. The van der Waals surface area contributed by atoms with Crippen LogP contribution in [-0.2, 0) is 6.54 Å². The lowest BCUT2D eigenvalue weighted by Gasteiger charge is -2.00. The molecule has 84 valence electrons. The number of rotatable bonds is 2. The molecule has 0 saturated carbocycles. The van der Waals surface area contributed by atoms with E-state index in [0.29, 0.717) is 22.1 Å². The van der Waals surface area contributed by atoms with E-state index in [0.717, 1.165) is 10.6 Å². The summed E-state index contributed by atoms with van der Waals surface area (Å²) in [5.41, 5.74) is 6.76. The molecule has 0 fully saturated rings. The monoisotopic (exact) mass is 256 g/mol.